The van der Waals surface area contributed by atoms with E-state index in [-0.39, 0.29) is 14.4 Å². The molecule has 1 N–H and O–H groups in total. The molecular formula is C16H20Cl2FOPSiZr. The van der Waals surface area contributed by atoms with Gasteiger partial charge < -0.3 is 5.11 Å². The minimum atomic E-state index is -1.59. The van der Waals surface area contributed by atoms with Gasteiger partial charge in [-0.15, -0.1) is 0 Å². The van der Waals surface area contributed by atoms with Crippen LogP contribution in [0, 0.1) is 12.7 Å². The van der Waals surface area contributed by atoms with E-state index in [1.165, 1.54) is 6.07 Å². The Morgan fingerprint density at radius 2 is 1.65 bits per heavy atom. The first-order valence-electron chi connectivity index (χ1n) is 7.03. The molecule has 0 amide bonds. The SMILES string of the molecule is Cc1cccc(F)c1Pc1cccc([Si](C)(C)C)c1O.[Cl][Zr][Cl]. The van der Waals surface area contributed by atoms with Crippen LogP contribution in [0.15, 0.2) is 36.4 Å². The number of phenols is 1. The summed E-state index contributed by atoms with van der Waals surface area (Å²) in [5.74, 6) is 0.161. The summed E-state index contributed by atoms with van der Waals surface area (Å²) in [5.41, 5.74) is 0.932. The van der Waals surface area contributed by atoms with Crippen LogP contribution < -0.4 is 15.8 Å². The van der Waals surface area contributed by atoms with E-state index in [2.05, 4.69) is 19.6 Å². The van der Waals surface area contributed by atoms with E-state index in [9.17, 15) is 9.50 Å². The molecule has 0 aliphatic rings. The molecule has 0 heterocycles. The van der Waals surface area contributed by atoms with Gasteiger partial charge in [-0.25, -0.2) is 4.39 Å². The van der Waals surface area contributed by atoms with Crippen molar-refractivity contribution < 1.29 is 30.3 Å². The molecule has 0 aliphatic heterocycles. The van der Waals surface area contributed by atoms with E-state index in [0.29, 0.717) is 11.1 Å². The first kappa shape index (κ1) is 21.3. The molecular weight excluding hydrogens is 448 g/mol. The molecule has 2 rings (SSSR count). The molecule has 0 saturated heterocycles. The van der Waals surface area contributed by atoms with Gasteiger partial charge in [-0.05, 0) is 23.7 Å². The zero-order chi connectivity index (χ0) is 17.6. The van der Waals surface area contributed by atoms with Crippen LogP contribution in [0.3, 0.4) is 0 Å². The Labute approximate surface area is 159 Å². The first-order valence-corrected chi connectivity index (χ1v) is 17.9. The molecule has 0 aliphatic carbocycles. The predicted octanol–water partition coefficient (Wildman–Crippen LogP) is 4.39. The van der Waals surface area contributed by atoms with Gasteiger partial charge in [-0.2, -0.15) is 0 Å². The quantitative estimate of drug-likeness (QED) is 0.523. The maximum absolute atomic E-state index is 13.9. The van der Waals surface area contributed by atoms with Gasteiger partial charge >= 0.3 is 37.9 Å². The molecule has 0 spiro atoms. The standard InChI is InChI=1S/C16H20FOPSi.2ClH.Zr/c1-11-7-5-8-12(17)16(11)19-13-9-6-10-14(15(13)18)20(2,3)4;;;/h5-10,18-19H,1-4H3;2*1H;/q;;;+2/p-2. The molecule has 0 bridgehead atoms. The van der Waals surface area contributed by atoms with Crippen molar-refractivity contribution in [1.29, 1.82) is 0 Å². The summed E-state index contributed by atoms with van der Waals surface area (Å²) in [7, 11) is 8.42. The van der Waals surface area contributed by atoms with Crippen molar-refractivity contribution in [3.05, 3.63) is 47.8 Å². The topological polar surface area (TPSA) is 20.2 Å². The zero-order valence-corrected chi connectivity index (χ0v) is 19.5. The number of aryl methyl sites for hydroxylation is 1. The van der Waals surface area contributed by atoms with Crippen molar-refractivity contribution in [2.75, 3.05) is 0 Å². The Morgan fingerprint density at radius 1 is 1.09 bits per heavy atom. The summed E-state index contributed by atoms with van der Waals surface area (Å²) >= 11 is -0.826. The number of benzene rings is 2. The molecule has 0 aromatic heterocycles. The monoisotopic (exact) mass is 466 g/mol. The molecule has 0 saturated carbocycles. The van der Waals surface area contributed by atoms with Crippen molar-refractivity contribution >= 4 is 49.5 Å². The average molecular weight is 469 g/mol. The third-order valence-corrected chi connectivity index (χ3v) is 6.90. The number of phenolic OH excluding ortho intramolecular Hbond substituents is 1. The molecule has 23 heavy (non-hydrogen) atoms. The summed E-state index contributed by atoms with van der Waals surface area (Å²) in [6, 6.07) is 11.0. The number of rotatable bonds is 3. The molecule has 1 nitrogen and oxygen atoms in total. The van der Waals surface area contributed by atoms with Gasteiger partial charge in [0.15, 0.2) is 0 Å². The Hall–Kier alpha value is 0.280. The van der Waals surface area contributed by atoms with Crippen molar-refractivity contribution in [3.63, 3.8) is 0 Å². The van der Waals surface area contributed by atoms with Crippen molar-refractivity contribution in [3.8, 4) is 5.75 Å². The van der Waals surface area contributed by atoms with Crippen LogP contribution in [0.2, 0.25) is 19.6 Å². The number of para-hydroxylation sites is 1. The second kappa shape index (κ2) is 9.68. The third kappa shape index (κ3) is 6.25. The summed E-state index contributed by atoms with van der Waals surface area (Å²) in [5, 5.41) is 13.0. The molecule has 124 valence electrons. The van der Waals surface area contributed by atoms with Crippen molar-refractivity contribution in [2.24, 2.45) is 0 Å². The summed E-state index contributed by atoms with van der Waals surface area (Å²) in [6.45, 7) is 8.50. The van der Waals surface area contributed by atoms with Gasteiger partial charge in [0, 0.05) is 10.6 Å². The van der Waals surface area contributed by atoms with Gasteiger partial charge in [0.05, 0.1) is 8.07 Å². The summed E-state index contributed by atoms with van der Waals surface area (Å²) < 4.78 is 13.9. The van der Waals surface area contributed by atoms with Crippen LogP contribution in [0.25, 0.3) is 0 Å². The van der Waals surface area contributed by atoms with E-state index in [4.69, 9.17) is 17.0 Å². The zero-order valence-electron chi connectivity index (χ0n) is 13.5. The van der Waals surface area contributed by atoms with Crippen LogP contribution in [0.4, 0.5) is 4.39 Å². The van der Waals surface area contributed by atoms with Gasteiger partial charge in [-0.3, -0.25) is 0 Å². The number of hydrogen-bond acceptors (Lipinski definition) is 1. The van der Waals surface area contributed by atoms with E-state index in [1.807, 2.05) is 31.2 Å². The molecule has 1 unspecified atom stereocenters. The minimum absolute atomic E-state index is 0.146. The van der Waals surface area contributed by atoms with E-state index < -0.39 is 28.9 Å². The van der Waals surface area contributed by atoms with Crippen molar-refractivity contribution in [1.82, 2.24) is 0 Å². The first-order chi connectivity index (χ1) is 10.7. The van der Waals surface area contributed by atoms with Crippen molar-refractivity contribution in [2.45, 2.75) is 26.6 Å². The Balaban J connectivity index is 0.000000816. The fraction of sp³-hybridized carbons (Fsp3) is 0.250. The number of hydrogen-bond donors (Lipinski definition) is 1. The van der Waals surface area contributed by atoms with E-state index >= 15 is 0 Å². The normalized spacial score (nSPS) is 11.3. The summed E-state index contributed by atoms with van der Waals surface area (Å²) in [4.78, 5) is 0. The molecule has 1 atom stereocenters. The Bertz CT molecular complexity index is 645. The van der Waals surface area contributed by atoms with Crippen LogP contribution in [0.1, 0.15) is 5.56 Å². The molecule has 7 heteroatoms. The predicted molar refractivity (Wildman–Crippen MR) is 102 cm³/mol. The Kier molecular flexibility index (Phi) is 8.98. The second-order valence-corrected chi connectivity index (χ2v) is 16.1. The number of halogens is 3. The van der Waals surface area contributed by atoms with Gasteiger partial charge in [0.2, 0.25) is 0 Å². The summed E-state index contributed by atoms with van der Waals surface area (Å²) in [6.07, 6.45) is 0. The average Bonchev–Trinajstić information content (AvgIpc) is 2.44. The van der Waals surface area contributed by atoms with Gasteiger partial charge in [-0.1, -0.05) is 58.6 Å². The van der Waals surface area contributed by atoms with Crippen LogP contribution >= 0.6 is 25.6 Å². The third-order valence-electron chi connectivity index (χ3n) is 3.33. The fourth-order valence-electron chi connectivity index (χ4n) is 2.17. The second-order valence-electron chi connectivity index (χ2n) is 6.08. The Morgan fingerprint density at radius 3 is 2.17 bits per heavy atom. The molecule has 0 radical (unpaired) electrons. The number of aromatic hydroxyl groups is 1. The molecule has 0 fully saturated rings. The molecule has 2 aromatic carbocycles. The maximum atomic E-state index is 13.9. The fourth-order valence-corrected chi connectivity index (χ4v) is 4.93. The van der Waals surface area contributed by atoms with Crippen LogP contribution in [-0.2, 0) is 20.8 Å². The van der Waals surface area contributed by atoms with Crippen LogP contribution in [-0.4, -0.2) is 13.2 Å². The van der Waals surface area contributed by atoms with Gasteiger partial charge in [0.25, 0.3) is 0 Å². The van der Waals surface area contributed by atoms with Crippen LogP contribution in [0.5, 0.6) is 5.75 Å². The van der Waals surface area contributed by atoms with Gasteiger partial charge in [0.1, 0.15) is 11.6 Å². The van der Waals surface area contributed by atoms with E-state index in [0.717, 1.165) is 16.1 Å². The van der Waals surface area contributed by atoms with E-state index in [1.54, 1.807) is 6.07 Å². The molecule has 2 aromatic rings.